The molecule has 6 nitrogen and oxygen atoms in total. The SMILES string of the molecule is C[C@@H](CO)NC(=O)c1cccc([N+](=O)[O-])c1Br. The molecule has 0 heterocycles. The van der Waals surface area contributed by atoms with Crippen LogP contribution in [0, 0.1) is 10.1 Å². The second-order valence-electron chi connectivity index (χ2n) is 3.45. The van der Waals surface area contributed by atoms with Crippen molar-refractivity contribution in [3.05, 3.63) is 38.3 Å². The second kappa shape index (κ2) is 5.74. The van der Waals surface area contributed by atoms with Crippen LogP contribution in [-0.2, 0) is 0 Å². The minimum atomic E-state index is -0.573. The summed E-state index contributed by atoms with van der Waals surface area (Å²) in [6, 6.07) is 3.79. The van der Waals surface area contributed by atoms with Crippen molar-refractivity contribution in [1.82, 2.24) is 5.32 Å². The highest BCUT2D eigenvalue weighted by Crippen LogP contribution is 2.28. The Labute approximate surface area is 106 Å². The van der Waals surface area contributed by atoms with Gasteiger partial charge in [0.2, 0.25) is 0 Å². The first-order valence-corrected chi connectivity index (χ1v) is 5.61. The zero-order valence-corrected chi connectivity index (χ0v) is 10.6. The van der Waals surface area contributed by atoms with Gasteiger partial charge in [-0.25, -0.2) is 0 Å². The number of hydrogen-bond acceptors (Lipinski definition) is 4. The van der Waals surface area contributed by atoms with Gasteiger partial charge in [0, 0.05) is 12.1 Å². The van der Waals surface area contributed by atoms with Gasteiger partial charge < -0.3 is 10.4 Å². The van der Waals surface area contributed by atoms with E-state index in [-0.39, 0.29) is 22.3 Å². The van der Waals surface area contributed by atoms with Gasteiger partial charge >= 0.3 is 0 Å². The molecule has 1 aromatic rings. The van der Waals surface area contributed by atoms with Crippen molar-refractivity contribution in [2.45, 2.75) is 13.0 Å². The second-order valence-corrected chi connectivity index (χ2v) is 4.25. The lowest BCUT2D eigenvalue weighted by molar-refractivity contribution is -0.385. The molecule has 0 radical (unpaired) electrons. The fraction of sp³-hybridized carbons (Fsp3) is 0.300. The highest BCUT2D eigenvalue weighted by atomic mass is 79.9. The summed E-state index contributed by atoms with van der Waals surface area (Å²) in [7, 11) is 0. The summed E-state index contributed by atoms with van der Waals surface area (Å²) in [6.45, 7) is 1.43. The first-order chi connectivity index (χ1) is 7.97. The van der Waals surface area contributed by atoms with E-state index in [1.165, 1.54) is 18.2 Å². The van der Waals surface area contributed by atoms with E-state index in [1.807, 2.05) is 0 Å². The molecule has 92 valence electrons. The molecule has 17 heavy (non-hydrogen) atoms. The van der Waals surface area contributed by atoms with Crippen LogP contribution in [-0.4, -0.2) is 28.6 Å². The molecule has 7 heteroatoms. The fourth-order valence-corrected chi connectivity index (χ4v) is 1.77. The summed E-state index contributed by atoms with van der Waals surface area (Å²) >= 11 is 3.03. The molecule has 0 aromatic heterocycles. The van der Waals surface area contributed by atoms with Crippen molar-refractivity contribution in [2.24, 2.45) is 0 Å². The molecular formula is C10H11BrN2O4. The molecule has 1 amide bonds. The predicted molar refractivity (Wildman–Crippen MR) is 64.8 cm³/mol. The molecular weight excluding hydrogens is 292 g/mol. The fourth-order valence-electron chi connectivity index (χ4n) is 1.18. The van der Waals surface area contributed by atoms with Crippen LogP contribution < -0.4 is 5.32 Å². The van der Waals surface area contributed by atoms with Crippen molar-refractivity contribution in [1.29, 1.82) is 0 Å². The summed E-state index contributed by atoms with van der Waals surface area (Å²) in [5.41, 5.74) is -0.00574. The van der Waals surface area contributed by atoms with Gasteiger partial charge in [0.15, 0.2) is 0 Å². The summed E-state index contributed by atoms with van der Waals surface area (Å²) < 4.78 is 0.132. The highest BCUT2D eigenvalue weighted by Gasteiger charge is 2.20. The number of aliphatic hydroxyl groups excluding tert-OH is 1. The van der Waals surface area contributed by atoms with E-state index in [9.17, 15) is 14.9 Å². The standard InChI is InChI=1S/C10H11BrN2O4/c1-6(5-14)12-10(15)7-3-2-4-8(9(7)11)13(16)17/h2-4,6,14H,5H2,1H3,(H,12,15)/t6-/m0/s1. The van der Waals surface area contributed by atoms with Gasteiger partial charge in [-0.3, -0.25) is 14.9 Å². The Bertz CT molecular complexity index is 450. The minimum Gasteiger partial charge on any atom is -0.394 e. The number of hydrogen-bond donors (Lipinski definition) is 2. The maximum absolute atomic E-state index is 11.7. The van der Waals surface area contributed by atoms with Crippen molar-refractivity contribution in [3.63, 3.8) is 0 Å². The van der Waals surface area contributed by atoms with Gasteiger partial charge in [-0.15, -0.1) is 0 Å². The van der Waals surface area contributed by atoms with Gasteiger partial charge in [0.05, 0.1) is 17.1 Å². The first kappa shape index (κ1) is 13.6. The van der Waals surface area contributed by atoms with Crippen LogP contribution in [0.2, 0.25) is 0 Å². The third-order valence-electron chi connectivity index (χ3n) is 2.07. The highest BCUT2D eigenvalue weighted by molar-refractivity contribution is 9.10. The van der Waals surface area contributed by atoms with Crippen molar-refractivity contribution in [3.8, 4) is 0 Å². The summed E-state index contributed by atoms with van der Waals surface area (Å²) in [5, 5.41) is 22.0. The van der Waals surface area contributed by atoms with E-state index in [0.717, 1.165) is 0 Å². The topological polar surface area (TPSA) is 92.5 Å². The Balaban J connectivity index is 3.02. The van der Waals surface area contributed by atoms with Crippen LogP contribution in [0.1, 0.15) is 17.3 Å². The number of nitrogens with zero attached hydrogens (tertiary/aromatic N) is 1. The van der Waals surface area contributed by atoms with Crippen molar-refractivity contribution in [2.75, 3.05) is 6.61 Å². The lowest BCUT2D eigenvalue weighted by Gasteiger charge is -2.11. The predicted octanol–water partition coefficient (Wildman–Crippen LogP) is 1.47. The number of halogens is 1. The molecule has 0 spiro atoms. The summed E-state index contributed by atoms with van der Waals surface area (Å²) in [5.74, 6) is -0.470. The molecule has 1 atom stereocenters. The third-order valence-corrected chi connectivity index (χ3v) is 2.90. The Morgan fingerprint density at radius 2 is 2.29 bits per heavy atom. The van der Waals surface area contributed by atoms with E-state index in [1.54, 1.807) is 6.92 Å². The minimum absolute atomic E-state index is 0.132. The van der Waals surface area contributed by atoms with Gasteiger partial charge in [0.1, 0.15) is 4.47 Å². The molecule has 0 aliphatic heterocycles. The van der Waals surface area contributed by atoms with E-state index in [0.29, 0.717) is 0 Å². The average molecular weight is 303 g/mol. The maximum Gasteiger partial charge on any atom is 0.284 e. The van der Waals surface area contributed by atoms with Crippen LogP contribution in [0.3, 0.4) is 0 Å². The van der Waals surface area contributed by atoms with Crippen LogP contribution in [0.4, 0.5) is 5.69 Å². The molecule has 0 saturated carbocycles. The van der Waals surface area contributed by atoms with Crippen LogP contribution in [0.25, 0.3) is 0 Å². The van der Waals surface area contributed by atoms with Gasteiger partial charge in [-0.1, -0.05) is 6.07 Å². The molecule has 0 aliphatic rings. The van der Waals surface area contributed by atoms with E-state index in [2.05, 4.69) is 21.2 Å². The van der Waals surface area contributed by atoms with Gasteiger partial charge in [-0.05, 0) is 28.9 Å². The quantitative estimate of drug-likeness (QED) is 0.650. The number of benzene rings is 1. The number of amides is 1. The Kier molecular flexibility index (Phi) is 4.59. The molecule has 0 saturated heterocycles. The third kappa shape index (κ3) is 3.24. The van der Waals surface area contributed by atoms with E-state index in [4.69, 9.17) is 5.11 Å². The average Bonchev–Trinajstić information content (AvgIpc) is 2.28. The number of nitrogens with one attached hydrogen (secondary N) is 1. The number of rotatable bonds is 4. The number of carbonyl (C=O) groups is 1. The maximum atomic E-state index is 11.7. The van der Waals surface area contributed by atoms with Crippen molar-refractivity contribution < 1.29 is 14.8 Å². The van der Waals surface area contributed by atoms with E-state index >= 15 is 0 Å². The summed E-state index contributed by atoms with van der Waals surface area (Å²) in [4.78, 5) is 21.8. The lowest BCUT2D eigenvalue weighted by Crippen LogP contribution is -2.35. The molecule has 1 rings (SSSR count). The largest absolute Gasteiger partial charge is 0.394 e. The zero-order chi connectivity index (χ0) is 13.0. The monoisotopic (exact) mass is 302 g/mol. The zero-order valence-electron chi connectivity index (χ0n) is 9.01. The van der Waals surface area contributed by atoms with E-state index < -0.39 is 16.9 Å². The van der Waals surface area contributed by atoms with Crippen LogP contribution in [0.5, 0.6) is 0 Å². The van der Waals surface area contributed by atoms with Crippen molar-refractivity contribution >= 4 is 27.5 Å². The van der Waals surface area contributed by atoms with Gasteiger partial charge in [0.25, 0.3) is 11.6 Å². The van der Waals surface area contributed by atoms with Crippen LogP contribution in [0.15, 0.2) is 22.7 Å². The smallest absolute Gasteiger partial charge is 0.284 e. The number of carbonyl (C=O) groups excluding carboxylic acids is 1. The van der Waals surface area contributed by atoms with Crippen LogP contribution >= 0.6 is 15.9 Å². The molecule has 0 unspecified atom stereocenters. The Morgan fingerprint density at radius 3 is 2.82 bits per heavy atom. The van der Waals surface area contributed by atoms with Gasteiger partial charge in [-0.2, -0.15) is 0 Å². The number of aliphatic hydroxyl groups is 1. The summed E-state index contributed by atoms with van der Waals surface area (Å²) in [6.07, 6.45) is 0. The number of nitro benzene ring substituents is 1. The lowest BCUT2D eigenvalue weighted by atomic mass is 10.2. The first-order valence-electron chi connectivity index (χ1n) is 4.82. The molecule has 1 aromatic carbocycles. The Hall–Kier alpha value is -1.47. The molecule has 0 fully saturated rings. The normalized spacial score (nSPS) is 11.9. The number of nitro groups is 1. The molecule has 0 aliphatic carbocycles. The molecule has 2 N–H and O–H groups in total. The molecule has 0 bridgehead atoms. The Morgan fingerprint density at radius 1 is 1.65 bits per heavy atom.